The Morgan fingerprint density at radius 1 is 1.03 bits per heavy atom. The number of para-hydroxylation sites is 1. The molecule has 1 saturated heterocycles. The highest BCUT2D eigenvalue weighted by Crippen LogP contribution is 2.18. The molecule has 0 unspecified atom stereocenters. The van der Waals surface area contributed by atoms with Crippen LogP contribution in [0.1, 0.15) is 10.4 Å². The second kappa shape index (κ2) is 10.8. The van der Waals surface area contributed by atoms with Gasteiger partial charge in [0, 0.05) is 52.1 Å². The number of anilines is 1. The first kappa shape index (κ1) is 21.1. The molecule has 2 aromatic carbocycles. The summed E-state index contributed by atoms with van der Waals surface area (Å²) in [6.07, 6.45) is 0. The number of nitrogens with one attached hydrogen (secondary N) is 1. The van der Waals surface area contributed by atoms with E-state index < -0.39 is 0 Å². The minimum atomic E-state index is -0.214. The predicted octanol–water partition coefficient (Wildman–Crippen LogP) is 2.40. The SMILES string of the molecule is COCCOc1ccccc1C(=O)NCCN1CCN(c2ccc(F)cc2)CC1. The van der Waals surface area contributed by atoms with E-state index in [-0.39, 0.29) is 11.7 Å². The Labute approximate surface area is 171 Å². The number of piperazine rings is 1. The minimum absolute atomic E-state index is 0.136. The molecule has 0 bridgehead atoms. The molecule has 0 atom stereocenters. The maximum absolute atomic E-state index is 13.1. The molecule has 2 aromatic rings. The summed E-state index contributed by atoms with van der Waals surface area (Å²) in [6.45, 7) is 5.82. The lowest BCUT2D eigenvalue weighted by Crippen LogP contribution is -2.48. The van der Waals surface area contributed by atoms with Crippen molar-refractivity contribution in [1.29, 1.82) is 0 Å². The van der Waals surface area contributed by atoms with E-state index in [2.05, 4.69) is 15.1 Å². The normalized spacial score (nSPS) is 14.6. The first-order valence-electron chi connectivity index (χ1n) is 9.89. The van der Waals surface area contributed by atoms with Crippen LogP contribution < -0.4 is 15.0 Å². The van der Waals surface area contributed by atoms with E-state index in [4.69, 9.17) is 9.47 Å². The van der Waals surface area contributed by atoms with Crippen molar-refractivity contribution in [2.45, 2.75) is 0 Å². The van der Waals surface area contributed by atoms with Crippen molar-refractivity contribution in [2.75, 3.05) is 64.5 Å². The standard InChI is InChI=1S/C22H28FN3O3/c1-28-16-17-29-21-5-3-2-4-20(21)22(27)24-10-11-25-12-14-26(15-13-25)19-8-6-18(23)7-9-19/h2-9H,10-17H2,1H3,(H,24,27). The number of benzene rings is 2. The largest absolute Gasteiger partial charge is 0.490 e. The summed E-state index contributed by atoms with van der Waals surface area (Å²) >= 11 is 0. The maximum Gasteiger partial charge on any atom is 0.255 e. The second-order valence-corrected chi connectivity index (χ2v) is 6.90. The Hall–Kier alpha value is -2.64. The number of methoxy groups -OCH3 is 1. The molecule has 0 aromatic heterocycles. The molecule has 1 aliphatic heterocycles. The van der Waals surface area contributed by atoms with Gasteiger partial charge >= 0.3 is 0 Å². The summed E-state index contributed by atoms with van der Waals surface area (Å²) in [4.78, 5) is 17.1. The molecule has 1 fully saturated rings. The van der Waals surface area contributed by atoms with Crippen LogP contribution in [0, 0.1) is 5.82 Å². The highest BCUT2D eigenvalue weighted by atomic mass is 19.1. The van der Waals surface area contributed by atoms with Gasteiger partial charge in [0.2, 0.25) is 0 Å². The third kappa shape index (κ3) is 6.17. The number of carbonyl (C=O) groups is 1. The first-order valence-corrected chi connectivity index (χ1v) is 9.89. The van der Waals surface area contributed by atoms with Crippen LogP contribution >= 0.6 is 0 Å². The van der Waals surface area contributed by atoms with Crippen molar-refractivity contribution >= 4 is 11.6 Å². The number of ether oxygens (including phenoxy) is 2. The molecule has 0 radical (unpaired) electrons. The fourth-order valence-electron chi connectivity index (χ4n) is 3.32. The van der Waals surface area contributed by atoms with Crippen LogP contribution in [0.3, 0.4) is 0 Å². The molecule has 0 spiro atoms. The zero-order chi connectivity index (χ0) is 20.5. The van der Waals surface area contributed by atoms with Crippen LogP contribution in [0.15, 0.2) is 48.5 Å². The molecule has 7 heteroatoms. The molecule has 0 aliphatic carbocycles. The average molecular weight is 401 g/mol. The smallest absolute Gasteiger partial charge is 0.255 e. The van der Waals surface area contributed by atoms with Crippen LogP contribution in [0.25, 0.3) is 0 Å². The van der Waals surface area contributed by atoms with Crippen molar-refractivity contribution in [3.05, 3.63) is 59.9 Å². The molecule has 1 N–H and O–H groups in total. The number of rotatable bonds is 9. The van der Waals surface area contributed by atoms with E-state index in [9.17, 15) is 9.18 Å². The van der Waals surface area contributed by atoms with Gasteiger partial charge in [-0.1, -0.05) is 12.1 Å². The van der Waals surface area contributed by atoms with E-state index in [0.717, 1.165) is 38.4 Å². The number of nitrogens with zero attached hydrogens (tertiary/aromatic N) is 2. The second-order valence-electron chi connectivity index (χ2n) is 6.90. The fourth-order valence-corrected chi connectivity index (χ4v) is 3.32. The van der Waals surface area contributed by atoms with Gasteiger partial charge < -0.3 is 19.7 Å². The molecule has 156 valence electrons. The van der Waals surface area contributed by atoms with Crippen molar-refractivity contribution in [1.82, 2.24) is 10.2 Å². The van der Waals surface area contributed by atoms with E-state index in [1.807, 2.05) is 24.3 Å². The van der Waals surface area contributed by atoms with E-state index in [0.29, 0.717) is 31.1 Å². The van der Waals surface area contributed by atoms with Crippen LogP contribution in [-0.2, 0) is 4.74 Å². The van der Waals surface area contributed by atoms with Gasteiger partial charge in [-0.05, 0) is 36.4 Å². The van der Waals surface area contributed by atoms with Gasteiger partial charge in [0.15, 0.2) is 0 Å². The minimum Gasteiger partial charge on any atom is -0.490 e. The van der Waals surface area contributed by atoms with Gasteiger partial charge in [0.1, 0.15) is 18.2 Å². The van der Waals surface area contributed by atoms with Crippen molar-refractivity contribution < 1.29 is 18.7 Å². The lowest BCUT2D eigenvalue weighted by molar-refractivity contribution is 0.0940. The Morgan fingerprint density at radius 3 is 2.48 bits per heavy atom. The summed E-state index contributed by atoms with van der Waals surface area (Å²) in [7, 11) is 1.61. The third-order valence-electron chi connectivity index (χ3n) is 4.95. The van der Waals surface area contributed by atoms with Gasteiger partial charge in [-0.2, -0.15) is 0 Å². The maximum atomic E-state index is 13.1. The first-order chi connectivity index (χ1) is 14.2. The molecule has 1 heterocycles. The Morgan fingerprint density at radius 2 is 1.76 bits per heavy atom. The van der Waals surface area contributed by atoms with Crippen molar-refractivity contribution in [2.24, 2.45) is 0 Å². The lowest BCUT2D eigenvalue weighted by Gasteiger charge is -2.36. The number of carbonyl (C=O) groups excluding carboxylic acids is 1. The van der Waals surface area contributed by atoms with Gasteiger partial charge in [0.25, 0.3) is 5.91 Å². The van der Waals surface area contributed by atoms with Crippen LogP contribution in [0.4, 0.5) is 10.1 Å². The zero-order valence-electron chi connectivity index (χ0n) is 16.8. The summed E-state index contributed by atoms with van der Waals surface area (Å²) < 4.78 is 23.7. The summed E-state index contributed by atoms with van der Waals surface area (Å²) in [5, 5.41) is 2.98. The van der Waals surface area contributed by atoms with E-state index in [1.54, 1.807) is 19.2 Å². The van der Waals surface area contributed by atoms with Crippen molar-refractivity contribution in [3.63, 3.8) is 0 Å². The van der Waals surface area contributed by atoms with Gasteiger partial charge in [-0.25, -0.2) is 4.39 Å². The molecule has 0 saturated carbocycles. The molecule has 6 nitrogen and oxygen atoms in total. The van der Waals surface area contributed by atoms with E-state index in [1.165, 1.54) is 12.1 Å². The van der Waals surface area contributed by atoms with Crippen molar-refractivity contribution in [3.8, 4) is 5.75 Å². The zero-order valence-corrected chi connectivity index (χ0v) is 16.8. The Balaban J connectivity index is 1.42. The fraction of sp³-hybridized carbons (Fsp3) is 0.409. The predicted molar refractivity (Wildman–Crippen MR) is 111 cm³/mol. The number of halogens is 1. The topological polar surface area (TPSA) is 54.0 Å². The van der Waals surface area contributed by atoms with Crippen LogP contribution in [-0.4, -0.2) is 70.4 Å². The van der Waals surface area contributed by atoms with Gasteiger partial charge in [-0.3, -0.25) is 9.69 Å². The van der Waals surface area contributed by atoms with E-state index >= 15 is 0 Å². The molecule has 1 amide bonds. The van der Waals surface area contributed by atoms with Crippen LogP contribution in [0.5, 0.6) is 5.75 Å². The molecular formula is C22H28FN3O3. The third-order valence-corrected chi connectivity index (χ3v) is 4.95. The molecule has 3 rings (SSSR count). The molecule has 1 aliphatic rings. The highest BCUT2D eigenvalue weighted by molar-refractivity contribution is 5.96. The monoisotopic (exact) mass is 401 g/mol. The van der Waals surface area contributed by atoms with Gasteiger partial charge in [0.05, 0.1) is 12.2 Å². The Bertz CT molecular complexity index is 777. The average Bonchev–Trinajstić information content (AvgIpc) is 2.75. The quantitative estimate of drug-likeness (QED) is 0.654. The highest BCUT2D eigenvalue weighted by Gasteiger charge is 2.18. The summed E-state index contributed by atoms with van der Waals surface area (Å²) in [5.74, 6) is 0.215. The summed E-state index contributed by atoms with van der Waals surface area (Å²) in [5.41, 5.74) is 1.58. The van der Waals surface area contributed by atoms with Crippen LogP contribution in [0.2, 0.25) is 0 Å². The van der Waals surface area contributed by atoms with Gasteiger partial charge in [-0.15, -0.1) is 0 Å². The number of amides is 1. The Kier molecular flexibility index (Phi) is 7.84. The lowest BCUT2D eigenvalue weighted by atomic mass is 10.2. The molecule has 29 heavy (non-hydrogen) atoms. The number of hydrogen-bond donors (Lipinski definition) is 1. The number of hydrogen-bond acceptors (Lipinski definition) is 5. The summed E-state index contributed by atoms with van der Waals surface area (Å²) in [6, 6.07) is 13.8. The molecular weight excluding hydrogens is 373 g/mol.